The summed E-state index contributed by atoms with van der Waals surface area (Å²) in [6.45, 7) is 0.224. The van der Waals surface area contributed by atoms with Gasteiger partial charge in [-0.3, -0.25) is 9.59 Å². The van der Waals surface area contributed by atoms with Crippen LogP contribution < -0.4 is 9.94 Å². The molecule has 2 heterocycles. The third kappa shape index (κ3) is 4.58. The average Bonchev–Trinajstić information content (AvgIpc) is 3.21. The molecule has 0 aliphatic carbocycles. The number of halogens is 1. The van der Waals surface area contributed by atoms with Crippen LogP contribution >= 0.6 is 38.6 Å². The summed E-state index contributed by atoms with van der Waals surface area (Å²) in [5.41, 5.74) is 0.639. The maximum absolute atomic E-state index is 12.5. The summed E-state index contributed by atoms with van der Waals surface area (Å²) >= 11 is 5.70. The number of esters is 1. The highest BCUT2D eigenvalue weighted by Crippen LogP contribution is 2.24. The van der Waals surface area contributed by atoms with Crippen molar-refractivity contribution in [3.8, 4) is 0 Å². The van der Waals surface area contributed by atoms with Crippen molar-refractivity contribution in [3.63, 3.8) is 0 Å². The first-order chi connectivity index (χ1) is 13.2. The number of amides is 1. The summed E-state index contributed by atoms with van der Waals surface area (Å²) in [7, 11) is -2.58. The van der Waals surface area contributed by atoms with Crippen molar-refractivity contribution in [3.05, 3.63) is 43.8 Å². The van der Waals surface area contributed by atoms with E-state index in [1.165, 1.54) is 30.6 Å². The molecule has 0 spiro atoms. The number of aryl methyl sites for hydroxylation is 1. The van der Waals surface area contributed by atoms with Crippen LogP contribution in [-0.4, -0.2) is 32.0 Å². The van der Waals surface area contributed by atoms with Gasteiger partial charge in [0.05, 0.1) is 37.3 Å². The van der Waals surface area contributed by atoms with Crippen LogP contribution in [0.5, 0.6) is 0 Å². The number of carbonyl (C=O) groups is 2. The van der Waals surface area contributed by atoms with E-state index in [0.717, 1.165) is 15.1 Å². The van der Waals surface area contributed by atoms with E-state index >= 15 is 0 Å². The Morgan fingerprint density at radius 1 is 1.25 bits per heavy atom. The highest BCUT2D eigenvalue weighted by atomic mass is 79.9. The number of nitrogens with zero attached hydrogens (tertiary/aromatic N) is 2. The molecule has 1 amide bonds. The van der Waals surface area contributed by atoms with Gasteiger partial charge in [-0.05, 0) is 46.3 Å². The minimum atomic E-state index is -3.87. The number of nitrogens with two attached hydrogens (primary N) is 1. The Kier molecular flexibility index (Phi) is 6.15. The van der Waals surface area contributed by atoms with E-state index in [-0.39, 0.29) is 17.9 Å². The smallest absolute Gasteiger partial charge is 0.307 e. The summed E-state index contributed by atoms with van der Waals surface area (Å²) in [5.74, 6) is -0.840. The predicted octanol–water partition coefficient (Wildman–Crippen LogP) is 2.48. The van der Waals surface area contributed by atoms with Gasteiger partial charge >= 0.3 is 5.97 Å². The Labute approximate surface area is 176 Å². The van der Waals surface area contributed by atoms with Crippen molar-refractivity contribution >= 4 is 70.7 Å². The summed E-state index contributed by atoms with van der Waals surface area (Å²) in [6, 6.07) is 7.79. The first-order valence-electron chi connectivity index (χ1n) is 7.76. The van der Waals surface area contributed by atoms with Crippen LogP contribution in [0, 0.1) is 0 Å². The van der Waals surface area contributed by atoms with Gasteiger partial charge in [0.1, 0.15) is 0 Å². The lowest BCUT2D eigenvalue weighted by atomic mass is 10.3. The largest absolute Gasteiger partial charge is 0.469 e. The van der Waals surface area contributed by atoms with E-state index in [0.29, 0.717) is 19.9 Å². The molecule has 0 radical (unpaired) electrons. The van der Waals surface area contributed by atoms with E-state index in [1.807, 2.05) is 0 Å². The second kappa shape index (κ2) is 8.25. The van der Waals surface area contributed by atoms with Crippen molar-refractivity contribution in [2.24, 2.45) is 10.1 Å². The van der Waals surface area contributed by atoms with Gasteiger partial charge in [0.2, 0.25) is 10.0 Å². The minimum Gasteiger partial charge on any atom is -0.469 e. The number of hydrogen-bond donors (Lipinski definition) is 1. The fourth-order valence-corrected chi connectivity index (χ4v) is 5.39. The Bertz CT molecular complexity index is 1240. The van der Waals surface area contributed by atoms with E-state index in [9.17, 15) is 18.0 Å². The number of aromatic nitrogens is 1. The summed E-state index contributed by atoms with van der Waals surface area (Å²) in [4.78, 5) is 29.0. The van der Waals surface area contributed by atoms with Gasteiger partial charge in [-0.2, -0.15) is 4.99 Å². The van der Waals surface area contributed by atoms with Crippen molar-refractivity contribution in [1.82, 2.24) is 4.57 Å². The third-order valence-electron chi connectivity index (χ3n) is 3.73. The lowest BCUT2D eigenvalue weighted by Gasteiger charge is -2.05. The number of methoxy groups -OCH3 is 1. The van der Waals surface area contributed by atoms with Gasteiger partial charge in [-0.25, -0.2) is 13.6 Å². The zero-order valence-corrected chi connectivity index (χ0v) is 18.5. The highest BCUT2D eigenvalue weighted by molar-refractivity contribution is 9.11. The van der Waals surface area contributed by atoms with E-state index in [2.05, 4.69) is 25.7 Å². The molecule has 148 valence electrons. The molecule has 0 saturated heterocycles. The van der Waals surface area contributed by atoms with E-state index < -0.39 is 21.9 Å². The van der Waals surface area contributed by atoms with Crippen LogP contribution in [0.25, 0.3) is 10.2 Å². The standard InChI is InChI=1S/C16H14BrN3O5S3/c1-25-14(21)6-7-20-10-3-2-9(28(18,23)24)8-12(10)27-16(20)19-15(22)11-4-5-13(17)26-11/h2-5,8H,6-7H2,1H3,(H2,18,23,24). The lowest BCUT2D eigenvalue weighted by molar-refractivity contribution is -0.140. The Hall–Kier alpha value is -1.86. The van der Waals surface area contributed by atoms with Gasteiger partial charge in [0.15, 0.2) is 4.80 Å². The Morgan fingerprint density at radius 3 is 2.61 bits per heavy atom. The monoisotopic (exact) mass is 503 g/mol. The molecular weight excluding hydrogens is 490 g/mol. The van der Waals surface area contributed by atoms with E-state index in [1.54, 1.807) is 22.8 Å². The molecular formula is C16H14BrN3O5S3. The second-order valence-electron chi connectivity index (χ2n) is 5.56. The Balaban J connectivity index is 2.14. The molecule has 0 bridgehead atoms. The van der Waals surface area contributed by atoms with Crippen LogP contribution in [0.4, 0.5) is 0 Å². The maximum atomic E-state index is 12.5. The number of rotatable bonds is 5. The zero-order chi connectivity index (χ0) is 20.5. The van der Waals surface area contributed by atoms with Crippen LogP contribution in [-0.2, 0) is 26.1 Å². The molecule has 12 heteroatoms. The highest BCUT2D eigenvalue weighted by Gasteiger charge is 2.15. The number of sulfonamides is 1. The molecule has 0 saturated carbocycles. The van der Waals surface area contributed by atoms with E-state index in [4.69, 9.17) is 5.14 Å². The minimum absolute atomic E-state index is 0.0403. The van der Waals surface area contributed by atoms with Crippen molar-refractivity contribution in [1.29, 1.82) is 0 Å². The topological polar surface area (TPSA) is 121 Å². The molecule has 3 aromatic rings. The number of thiophene rings is 1. The molecule has 1 aromatic carbocycles. The van der Waals surface area contributed by atoms with Crippen LogP contribution in [0.2, 0.25) is 0 Å². The van der Waals surface area contributed by atoms with Gasteiger partial charge < -0.3 is 9.30 Å². The normalized spacial score (nSPS) is 12.5. The third-order valence-corrected chi connectivity index (χ3v) is 7.29. The summed E-state index contributed by atoms with van der Waals surface area (Å²) in [6.07, 6.45) is 0.0746. The molecule has 2 N–H and O–H groups in total. The second-order valence-corrected chi connectivity index (χ2v) is 10.6. The molecule has 0 aliphatic rings. The molecule has 2 aromatic heterocycles. The number of ether oxygens (including phenoxy) is 1. The molecule has 0 fully saturated rings. The van der Waals surface area contributed by atoms with Crippen LogP contribution in [0.3, 0.4) is 0 Å². The van der Waals surface area contributed by atoms with Crippen molar-refractivity contribution in [2.75, 3.05) is 7.11 Å². The molecule has 28 heavy (non-hydrogen) atoms. The molecule has 8 nitrogen and oxygen atoms in total. The number of benzene rings is 1. The molecule has 0 atom stereocenters. The number of thiazole rings is 1. The van der Waals surface area contributed by atoms with Crippen molar-refractivity contribution < 1.29 is 22.7 Å². The van der Waals surface area contributed by atoms with Gasteiger partial charge in [-0.15, -0.1) is 11.3 Å². The predicted molar refractivity (Wildman–Crippen MR) is 110 cm³/mol. The summed E-state index contributed by atoms with van der Waals surface area (Å²) < 4.78 is 31.0. The lowest BCUT2D eigenvalue weighted by Crippen LogP contribution is -2.19. The van der Waals surface area contributed by atoms with Crippen LogP contribution in [0.1, 0.15) is 16.1 Å². The molecule has 0 aliphatic heterocycles. The SMILES string of the molecule is COC(=O)CCn1c(=NC(=O)c2ccc(Br)s2)sc2cc(S(N)(=O)=O)ccc21. The quantitative estimate of drug-likeness (QED) is 0.536. The molecule has 3 rings (SSSR count). The number of carbonyl (C=O) groups excluding carboxylic acids is 2. The molecule has 0 unspecified atom stereocenters. The summed E-state index contributed by atoms with van der Waals surface area (Å²) in [5, 5.41) is 5.20. The van der Waals surface area contributed by atoms with Gasteiger partial charge in [0, 0.05) is 6.54 Å². The first-order valence-corrected chi connectivity index (χ1v) is 11.7. The number of primary sulfonamides is 1. The zero-order valence-electron chi connectivity index (χ0n) is 14.4. The average molecular weight is 504 g/mol. The first kappa shape index (κ1) is 20.9. The fraction of sp³-hybridized carbons (Fsp3) is 0.188. The maximum Gasteiger partial charge on any atom is 0.307 e. The number of hydrogen-bond acceptors (Lipinski definition) is 7. The van der Waals surface area contributed by atoms with Gasteiger partial charge in [-0.1, -0.05) is 11.3 Å². The Morgan fingerprint density at radius 2 is 2.00 bits per heavy atom. The van der Waals surface area contributed by atoms with Crippen molar-refractivity contribution in [2.45, 2.75) is 17.9 Å². The van der Waals surface area contributed by atoms with Gasteiger partial charge in [0.25, 0.3) is 5.91 Å². The van der Waals surface area contributed by atoms with Crippen LogP contribution in [0.15, 0.2) is 44.0 Å². The number of fused-ring (bicyclic) bond motifs is 1. The fourth-order valence-electron chi connectivity index (χ4n) is 2.41.